The lowest BCUT2D eigenvalue weighted by Gasteiger charge is -2.13. The van der Waals surface area contributed by atoms with Crippen LogP contribution < -0.4 is 0 Å². The Bertz CT molecular complexity index is 144. The van der Waals surface area contributed by atoms with Crippen molar-refractivity contribution in [1.29, 1.82) is 0 Å². The summed E-state index contributed by atoms with van der Waals surface area (Å²) < 4.78 is 11.0. The molecule has 0 amide bonds. The van der Waals surface area contributed by atoms with E-state index in [-0.39, 0.29) is 0 Å². The zero-order valence-electron chi connectivity index (χ0n) is 9.35. The number of hydrogen-bond acceptors (Lipinski definition) is 2. The van der Waals surface area contributed by atoms with E-state index in [1.54, 1.807) is 0 Å². The highest BCUT2D eigenvalue weighted by atomic mass is 16.7. The van der Waals surface area contributed by atoms with Crippen LogP contribution in [0.25, 0.3) is 0 Å². The van der Waals surface area contributed by atoms with Gasteiger partial charge >= 0.3 is 0 Å². The molecule has 0 saturated carbocycles. The average Bonchev–Trinajstić information content (AvgIpc) is 2.16. The van der Waals surface area contributed by atoms with Crippen LogP contribution in [0.5, 0.6) is 0 Å². The van der Waals surface area contributed by atoms with E-state index in [9.17, 15) is 0 Å². The van der Waals surface area contributed by atoms with Gasteiger partial charge in [0.05, 0.1) is 13.2 Å². The summed E-state index contributed by atoms with van der Waals surface area (Å²) in [4.78, 5) is 0. The van der Waals surface area contributed by atoms with Crippen LogP contribution in [0.3, 0.4) is 0 Å². The van der Waals surface area contributed by atoms with E-state index in [1.807, 2.05) is 6.92 Å². The summed E-state index contributed by atoms with van der Waals surface area (Å²) in [5, 5.41) is 0. The summed E-state index contributed by atoms with van der Waals surface area (Å²) in [6, 6.07) is 0. The first-order chi connectivity index (χ1) is 6.29. The molecular weight excluding hydrogens is 164 g/mol. The second kappa shape index (κ2) is 7.96. The minimum atomic E-state index is 0.683. The van der Waals surface area contributed by atoms with Crippen LogP contribution in [0.2, 0.25) is 0 Å². The lowest BCUT2D eigenvalue weighted by molar-refractivity contribution is 0.0358. The largest absolute Gasteiger partial charge is 0.466 e. The average molecular weight is 186 g/mol. The highest BCUT2D eigenvalue weighted by molar-refractivity contribution is 5.02. The van der Waals surface area contributed by atoms with Gasteiger partial charge in [0.25, 0.3) is 5.95 Å². The molecule has 13 heavy (non-hydrogen) atoms. The van der Waals surface area contributed by atoms with Crippen molar-refractivity contribution in [1.82, 2.24) is 0 Å². The van der Waals surface area contributed by atoms with Crippen LogP contribution in [-0.4, -0.2) is 13.2 Å². The van der Waals surface area contributed by atoms with Gasteiger partial charge in [-0.3, -0.25) is 0 Å². The smallest absolute Gasteiger partial charge is 0.278 e. The van der Waals surface area contributed by atoms with Crippen molar-refractivity contribution in [2.75, 3.05) is 13.2 Å². The normalized spacial score (nSPS) is 9.54. The summed E-state index contributed by atoms with van der Waals surface area (Å²) in [6.07, 6.45) is 3.04. The van der Waals surface area contributed by atoms with Gasteiger partial charge in [-0.15, -0.1) is 0 Å². The van der Waals surface area contributed by atoms with E-state index in [0.29, 0.717) is 6.61 Å². The number of allylic oxidation sites excluding steroid dienone is 1. The molecule has 0 spiro atoms. The first-order valence-corrected chi connectivity index (χ1v) is 5.27. The number of hydrogen-bond donors (Lipinski definition) is 0. The maximum Gasteiger partial charge on any atom is 0.278 e. The molecule has 0 aliphatic carbocycles. The third-order valence-electron chi connectivity index (χ3n) is 1.85. The van der Waals surface area contributed by atoms with Crippen molar-refractivity contribution in [3.05, 3.63) is 11.5 Å². The topological polar surface area (TPSA) is 18.5 Å². The molecule has 0 aliphatic heterocycles. The number of ether oxygens (including phenoxy) is 2. The lowest BCUT2D eigenvalue weighted by Crippen LogP contribution is -2.03. The Balaban J connectivity index is 4.24. The van der Waals surface area contributed by atoms with E-state index >= 15 is 0 Å². The molecule has 0 aliphatic rings. The molecule has 0 saturated heterocycles. The molecule has 0 aromatic carbocycles. The third-order valence-corrected chi connectivity index (χ3v) is 1.85. The highest BCUT2D eigenvalue weighted by Gasteiger charge is 2.05. The van der Waals surface area contributed by atoms with E-state index in [1.165, 1.54) is 5.57 Å². The summed E-state index contributed by atoms with van der Waals surface area (Å²) in [7, 11) is 0. The molecule has 0 heterocycles. The van der Waals surface area contributed by atoms with Crippen molar-refractivity contribution >= 4 is 0 Å². The van der Waals surface area contributed by atoms with Crippen molar-refractivity contribution in [3.63, 3.8) is 0 Å². The first-order valence-electron chi connectivity index (χ1n) is 5.27. The van der Waals surface area contributed by atoms with Gasteiger partial charge in [0.15, 0.2) is 0 Å². The predicted molar refractivity (Wildman–Crippen MR) is 55.5 cm³/mol. The van der Waals surface area contributed by atoms with Crippen LogP contribution in [0.4, 0.5) is 0 Å². The van der Waals surface area contributed by atoms with E-state index in [0.717, 1.165) is 31.8 Å². The zero-order valence-corrected chi connectivity index (χ0v) is 9.35. The van der Waals surface area contributed by atoms with Crippen molar-refractivity contribution < 1.29 is 9.47 Å². The predicted octanol–water partition coefficient (Wildman–Crippen LogP) is 3.48. The molecule has 0 aromatic rings. The van der Waals surface area contributed by atoms with Gasteiger partial charge in [0, 0.05) is 5.57 Å². The molecule has 0 atom stereocenters. The molecule has 2 heteroatoms. The third kappa shape index (κ3) is 4.81. The summed E-state index contributed by atoms with van der Waals surface area (Å²) in [6.45, 7) is 9.78. The molecule has 0 bridgehead atoms. The lowest BCUT2D eigenvalue weighted by atomic mass is 10.2. The fourth-order valence-corrected chi connectivity index (χ4v) is 1.11. The monoisotopic (exact) mass is 186 g/mol. The molecule has 0 radical (unpaired) electrons. The van der Waals surface area contributed by atoms with E-state index in [4.69, 9.17) is 9.47 Å². The van der Waals surface area contributed by atoms with Gasteiger partial charge in [-0.2, -0.15) is 0 Å². The molecule has 0 rings (SSSR count). The van der Waals surface area contributed by atoms with Crippen LogP contribution in [0, 0.1) is 0 Å². The van der Waals surface area contributed by atoms with Gasteiger partial charge in [-0.05, 0) is 26.2 Å². The van der Waals surface area contributed by atoms with Gasteiger partial charge < -0.3 is 9.47 Å². The first kappa shape index (κ1) is 12.3. The standard InChI is InChI=1S/C11H22O2/c1-5-9-13-11(12-8-4)10(6-2)7-3/h5-9H2,1-4H3. The summed E-state index contributed by atoms with van der Waals surface area (Å²) >= 11 is 0. The van der Waals surface area contributed by atoms with Gasteiger partial charge in [-0.25, -0.2) is 0 Å². The molecule has 0 N–H and O–H groups in total. The molecule has 2 nitrogen and oxygen atoms in total. The Morgan fingerprint density at radius 3 is 1.92 bits per heavy atom. The minimum Gasteiger partial charge on any atom is -0.466 e. The maximum atomic E-state index is 5.53. The number of rotatable bonds is 7. The second-order valence-electron chi connectivity index (χ2n) is 2.88. The Labute approximate surface area is 81.9 Å². The molecular formula is C11H22O2. The Morgan fingerprint density at radius 1 is 0.923 bits per heavy atom. The quantitative estimate of drug-likeness (QED) is 0.567. The zero-order chi connectivity index (χ0) is 10.1. The summed E-state index contributed by atoms with van der Waals surface area (Å²) in [5.74, 6) is 0.759. The SMILES string of the molecule is CCCOC(OCC)=C(CC)CC. The molecule has 0 fully saturated rings. The van der Waals surface area contributed by atoms with Crippen molar-refractivity contribution in [2.45, 2.75) is 47.0 Å². The Morgan fingerprint density at radius 2 is 1.54 bits per heavy atom. The van der Waals surface area contributed by atoms with E-state index < -0.39 is 0 Å². The minimum absolute atomic E-state index is 0.683. The summed E-state index contributed by atoms with van der Waals surface area (Å²) in [5.41, 5.74) is 1.27. The van der Waals surface area contributed by atoms with E-state index in [2.05, 4.69) is 20.8 Å². The van der Waals surface area contributed by atoms with Gasteiger partial charge in [-0.1, -0.05) is 20.8 Å². The molecule has 78 valence electrons. The van der Waals surface area contributed by atoms with Gasteiger partial charge in [0.2, 0.25) is 0 Å². The van der Waals surface area contributed by atoms with Crippen LogP contribution in [0.1, 0.15) is 47.0 Å². The Hall–Kier alpha value is -0.660. The van der Waals surface area contributed by atoms with Crippen molar-refractivity contribution in [2.24, 2.45) is 0 Å². The van der Waals surface area contributed by atoms with Gasteiger partial charge in [0.1, 0.15) is 0 Å². The Kier molecular flexibility index (Phi) is 7.56. The van der Waals surface area contributed by atoms with Crippen LogP contribution in [0.15, 0.2) is 11.5 Å². The van der Waals surface area contributed by atoms with Crippen LogP contribution in [-0.2, 0) is 9.47 Å². The fourth-order valence-electron chi connectivity index (χ4n) is 1.11. The fraction of sp³-hybridized carbons (Fsp3) is 0.818. The highest BCUT2D eigenvalue weighted by Crippen LogP contribution is 2.15. The maximum absolute atomic E-state index is 5.53. The molecule has 0 unspecified atom stereocenters. The second-order valence-corrected chi connectivity index (χ2v) is 2.88. The molecule has 0 aromatic heterocycles. The van der Waals surface area contributed by atoms with Crippen molar-refractivity contribution in [3.8, 4) is 0 Å². The van der Waals surface area contributed by atoms with Crippen LogP contribution >= 0.6 is 0 Å².